The van der Waals surface area contributed by atoms with E-state index in [9.17, 15) is 0 Å². The van der Waals surface area contributed by atoms with Gasteiger partial charge >= 0.3 is 0 Å². The van der Waals surface area contributed by atoms with Crippen LogP contribution in [0, 0.1) is 0 Å². The first kappa shape index (κ1) is 35.0. The number of aryl methyl sites for hydroxylation is 4. The maximum absolute atomic E-state index is 7.36. The van der Waals surface area contributed by atoms with Crippen molar-refractivity contribution < 1.29 is 4.74 Å². The average Bonchev–Trinajstić information content (AvgIpc) is 3.13. The number of hydrogen-bond acceptors (Lipinski definition) is 1. The lowest BCUT2D eigenvalue weighted by molar-refractivity contribution is 0.493. The molecule has 0 heterocycles. The topological polar surface area (TPSA) is 9.23 Å². The molecular weight excluding hydrogens is 593 g/mol. The molecule has 1 nitrogen and oxygen atoms in total. The molecule has 6 aromatic carbocycles. The lowest BCUT2D eigenvalue weighted by Crippen LogP contribution is -2.01. The maximum Gasteiger partial charge on any atom is 0.135 e. The zero-order valence-electron chi connectivity index (χ0n) is 30.8. The van der Waals surface area contributed by atoms with Gasteiger partial charge in [0.05, 0.1) is 0 Å². The average molecular weight is 651 g/mol. The van der Waals surface area contributed by atoms with E-state index in [4.69, 9.17) is 4.74 Å². The summed E-state index contributed by atoms with van der Waals surface area (Å²) in [5.74, 6) is 2.03. The minimum absolute atomic E-state index is 1.01. The number of benzene rings is 6. The van der Waals surface area contributed by atoms with E-state index < -0.39 is 0 Å². The molecule has 0 unspecified atom stereocenters. The molecule has 0 aromatic heterocycles. The zero-order valence-corrected chi connectivity index (χ0v) is 30.8. The summed E-state index contributed by atoms with van der Waals surface area (Å²) >= 11 is 0. The molecule has 0 bridgehead atoms. The molecule has 0 amide bonds. The lowest BCUT2D eigenvalue weighted by Gasteiger charge is -2.22. The second-order valence-corrected chi connectivity index (χ2v) is 14.3. The van der Waals surface area contributed by atoms with E-state index in [0.717, 1.165) is 37.2 Å². The van der Waals surface area contributed by atoms with E-state index in [1.54, 1.807) is 0 Å². The van der Waals surface area contributed by atoms with Crippen LogP contribution in [0.5, 0.6) is 11.5 Å². The van der Waals surface area contributed by atoms with Gasteiger partial charge < -0.3 is 4.74 Å². The molecule has 6 aromatic rings. The van der Waals surface area contributed by atoms with Crippen molar-refractivity contribution in [3.05, 3.63) is 107 Å². The molecule has 6 rings (SSSR count). The fourth-order valence-corrected chi connectivity index (χ4v) is 8.32. The Hall–Kier alpha value is -3.84. The quantitative estimate of drug-likeness (QED) is 0.0664. The predicted octanol–water partition coefficient (Wildman–Crippen LogP) is 15.0. The van der Waals surface area contributed by atoms with Gasteiger partial charge in [0.15, 0.2) is 0 Å². The van der Waals surface area contributed by atoms with Crippen molar-refractivity contribution in [2.24, 2.45) is 0 Å². The third-order valence-corrected chi connectivity index (χ3v) is 10.8. The molecule has 0 aliphatic rings. The largest absolute Gasteiger partial charge is 0.456 e. The van der Waals surface area contributed by atoms with Gasteiger partial charge in [0.2, 0.25) is 0 Å². The van der Waals surface area contributed by atoms with Gasteiger partial charge in [-0.1, -0.05) is 152 Å². The van der Waals surface area contributed by atoms with Crippen LogP contribution in [-0.2, 0) is 25.7 Å². The molecule has 0 atom stereocenters. The van der Waals surface area contributed by atoms with E-state index in [1.165, 1.54) is 142 Å². The van der Waals surface area contributed by atoms with Crippen LogP contribution in [0.2, 0.25) is 0 Å². The summed E-state index contributed by atoms with van der Waals surface area (Å²) in [4.78, 5) is 0. The van der Waals surface area contributed by atoms with Crippen LogP contribution in [0.3, 0.4) is 0 Å². The highest BCUT2D eigenvalue weighted by molar-refractivity contribution is 6.10. The SMILES string of the molecule is CCCCCc1c2ccccc2c(CCCCC)c2c(Oc3cccc4c(CCCCC)c5ccccc5c(CCCCC)c34)cccc12. The van der Waals surface area contributed by atoms with Crippen LogP contribution >= 0.6 is 0 Å². The van der Waals surface area contributed by atoms with Crippen LogP contribution in [-0.4, -0.2) is 0 Å². The highest BCUT2D eigenvalue weighted by Gasteiger charge is 2.21. The monoisotopic (exact) mass is 650 g/mol. The Kier molecular flexibility index (Phi) is 12.3. The third-order valence-electron chi connectivity index (χ3n) is 10.8. The number of ether oxygens (including phenoxy) is 1. The summed E-state index contributed by atoms with van der Waals surface area (Å²) in [5, 5.41) is 11.1. The fraction of sp³-hybridized carbons (Fsp3) is 0.417. The van der Waals surface area contributed by atoms with Crippen molar-refractivity contribution in [2.75, 3.05) is 0 Å². The van der Waals surface area contributed by atoms with Crippen LogP contribution in [0.15, 0.2) is 84.9 Å². The van der Waals surface area contributed by atoms with Gasteiger partial charge in [-0.25, -0.2) is 0 Å². The first-order valence-electron chi connectivity index (χ1n) is 19.8. The standard InChI is InChI=1S/C48H58O/c1-5-9-13-23-37-35-25-17-19-27-39(35)41(29-15-11-7-3)47-43(37)31-21-33-45(47)49-46-34-22-32-44-38(24-14-10-6-2)36-26-18-20-28-40(36)42(48(44)46)30-16-12-8-4/h17-22,25-28,31-34H,5-16,23-24,29-30H2,1-4H3. The van der Waals surface area contributed by atoms with E-state index in [2.05, 4.69) is 113 Å². The Bertz CT molecular complexity index is 1850. The molecule has 0 saturated carbocycles. The van der Waals surface area contributed by atoms with E-state index in [0.29, 0.717) is 0 Å². The second-order valence-electron chi connectivity index (χ2n) is 14.3. The van der Waals surface area contributed by atoms with Crippen LogP contribution in [0.25, 0.3) is 43.1 Å². The molecule has 0 radical (unpaired) electrons. The third kappa shape index (κ3) is 7.52. The molecule has 0 fully saturated rings. The Morgan fingerprint density at radius 1 is 0.327 bits per heavy atom. The molecule has 0 saturated heterocycles. The van der Waals surface area contributed by atoms with Crippen molar-refractivity contribution in [1.82, 2.24) is 0 Å². The van der Waals surface area contributed by atoms with Crippen LogP contribution in [0.4, 0.5) is 0 Å². The second kappa shape index (κ2) is 17.2. The molecule has 1 heteroatoms. The molecular formula is C48H58O. The summed E-state index contributed by atoms with van der Waals surface area (Å²) in [7, 11) is 0. The first-order valence-corrected chi connectivity index (χ1v) is 19.8. The fourth-order valence-electron chi connectivity index (χ4n) is 8.32. The van der Waals surface area contributed by atoms with E-state index in [1.807, 2.05) is 0 Å². The lowest BCUT2D eigenvalue weighted by atomic mass is 9.86. The van der Waals surface area contributed by atoms with Crippen LogP contribution < -0.4 is 4.74 Å². The first-order chi connectivity index (χ1) is 24.2. The highest BCUT2D eigenvalue weighted by atomic mass is 16.5. The van der Waals surface area contributed by atoms with Crippen molar-refractivity contribution in [1.29, 1.82) is 0 Å². The van der Waals surface area contributed by atoms with Gasteiger partial charge in [-0.2, -0.15) is 0 Å². The van der Waals surface area contributed by atoms with Gasteiger partial charge in [0, 0.05) is 10.8 Å². The summed E-state index contributed by atoms with van der Waals surface area (Å²) in [6.45, 7) is 9.22. The number of rotatable bonds is 18. The van der Waals surface area contributed by atoms with Gasteiger partial charge in [-0.3, -0.25) is 0 Å². The molecule has 256 valence electrons. The van der Waals surface area contributed by atoms with Crippen molar-refractivity contribution >= 4 is 43.1 Å². The Morgan fingerprint density at radius 2 is 0.633 bits per heavy atom. The molecule has 49 heavy (non-hydrogen) atoms. The van der Waals surface area contributed by atoms with Gasteiger partial charge in [-0.15, -0.1) is 0 Å². The summed E-state index contributed by atoms with van der Waals surface area (Å²) in [5.41, 5.74) is 5.91. The molecule has 0 N–H and O–H groups in total. The zero-order chi connectivity index (χ0) is 34.0. The number of fused-ring (bicyclic) bond motifs is 4. The molecule has 0 aliphatic carbocycles. The molecule has 0 spiro atoms. The number of hydrogen-bond donors (Lipinski definition) is 0. The minimum atomic E-state index is 1.01. The maximum atomic E-state index is 7.36. The van der Waals surface area contributed by atoms with Crippen molar-refractivity contribution in [3.63, 3.8) is 0 Å². The minimum Gasteiger partial charge on any atom is -0.456 e. The van der Waals surface area contributed by atoms with Gasteiger partial charge in [0.25, 0.3) is 0 Å². The normalized spacial score (nSPS) is 11.8. The van der Waals surface area contributed by atoms with E-state index in [-0.39, 0.29) is 0 Å². The summed E-state index contributed by atoms with van der Waals surface area (Å²) in [6.07, 6.45) is 19.1. The summed E-state index contributed by atoms with van der Waals surface area (Å²) in [6, 6.07) is 32.1. The smallest absolute Gasteiger partial charge is 0.135 e. The van der Waals surface area contributed by atoms with Gasteiger partial charge in [0.1, 0.15) is 11.5 Å². The molecule has 0 aliphatic heterocycles. The predicted molar refractivity (Wildman–Crippen MR) is 216 cm³/mol. The van der Waals surface area contributed by atoms with Gasteiger partial charge in [-0.05, 0) is 118 Å². The van der Waals surface area contributed by atoms with Crippen molar-refractivity contribution in [2.45, 2.75) is 130 Å². The highest BCUT2D eigenvalue weighted by Crippen LogP contribution is 2.45. The van der Waals surface area contributed by atoms with Crippen LogP contribution in [0.1, 0.15) is 127 Å². The van der Waals surface area contributed by atoms with E-state index >= 15 is 0 Å². The number of unbranched alkanes of at least 4 members (excludes halogenated alkanes) is 8. The Labute approximate surface area is 296 Å². The summed E-state index contributed by atoms with van der Waals surface area (Å²) < 4.78 is 7.36. The Balaban J connectivity index is 1.60. The Morgan fingerprint density at radius 3 is 0.980 bits per heavy atom. The van der Waals surface area contributed by atoms with Crippen molar-refractivity contribution in [3.8, 4) is 11.5 Å².